The largest absolute Gasteiger partial charge is 0.457 e. The minimum atomic E-state index is -1.47. The van der Waals surface area contributed by atoms with Crippen LogP contribution in [0.5, 0.6) is 0 Å². The first-order valence-electron chi connectivity index (χ1n) is 14.0. The van der Waals surface area contributed by atoms with Gasteiger partial charge in [-0.25, -0.2) is 0 Å². The molecule has 8 N–H and O–H groups in total. The molecule has 0 aromatic heterocycles. The zero-order valence-corrected chi connectivity index (χ0v) is 26.9. The number of aliphatic hydroxyl groups excluding tert-OH is 4. The first-order chi connectivity index (χ1) is 21.4. The SMILES string of the molecule is CS[C@@H]1OC(CO)[C@H](O)C(OCC(=O)N[C@@H]2OC(CO)[C@H](O)C(OC(C)=O)C2OCCCN)C1NC(=O)c1ccc(Cl)c(Cl)c1. The van der Waals surface area contributed by atoms with Crippen molar-refractivity contribution >= 4 is 52.7 Å². The third-order valence-electron chi connectivity index (χ3n) is 7.08. The molecular weight excluding hydrogens is 661 g/mol. The van der Waals surface area contributed by atoms with Crippen molar-refractivity contribution in [2.24, 2.45) is 5.73 Å². The van der Waals surface area contributed by atoms with Crippen LogP contribution < -0.4 is 16.4 Å². The van der Waals surface area contributed by atoms with Gasteiger partial charge in [0.25, 0.3) is 5.91 Å². The normalized spacial score (nSPS) is 31.7. The van der Waals surface area contributed by atoms with Crippen molar-refractivity contribution in [2.75, 3.05) is 39.2 Å². The summed E-state index contributed by atoms with van der Waals surface area (Å²) >= 11 is 13.2. The monoisotopic (exact) mass is 699 g/mol. The Hall–Kier alpha value is -1.80. The van der Waals surface area contributed by atoms with Crippen molar-refractivity contribution in [3.05, 3.63) is 33.8 Å². The molecule has 6 unspecified atom stereocenters. The van der Waals surface area contributed by atoms with Crippen LogP contribution in [0.1, 0.15) is 23.7 Å². The molecule has 254 valence electrons. The van der Waals surface area contributed by atoms with Gasteiger partial charge in [-0.2, -0.15) is 0 Å². The second-order valence-electron chi connectivity index (χ2n) is 10.2. The van der Waals surface area contributed by atoms with E-state index in [1.165, 1.54) is 30.0 Å². The molecule has 2 aliphatic rings. The van der Waals surface area contributed by atoms with Gasteiger partial charge in [0.15, 0.2) is 12.3 Å². The van der Waals surface area contributed by atoms with Gasteiger partial charge in [0.1, 0.15) is 48.7 Å². The number of ether oxygens (including phenoxy) is 5. The van der Waals surface area contributed by atoms with E-state index in [1.54, 1.807) is 6.26 Å². The van der Waals surface area contributed by atoms with Crippen molar-refractivity contribution in [2.45, 2.75) is 73.8 Å². The van der Waals surface area contributed by atoms with Gasteiger partial charge in [-0.05, 0) is 37.4 Å². The average Bonchev–Trinajstić information content (AvgIpc) is 3.00. The van der Waals surface area contributed by atoms with Crippen LogP contribution in [-0.4, -0.2) is 138 Å². The van der Waals surface area contributed by atoms with Gasteiger partial charge in [0, 0.05) is 19.1 Å². The molecule has 0 saturated carbocycles. The van der Waals surface area contributed by atoms with E-state index in [-0.39, 0.29) is 28.8 Å². The van der Waals surface area contributed by atoms with Gasteiger partial charge in [-0.3, -0.25) is 14.4 Å². The van der Waals surface area contributed by atoms with Gasteiger partial charge in [-0.1, -0.05) is 23.2 Å². The Bertz CT molecular complexity index is 1160. The lowest BCUT2D eigenvalue weighted by Crippen LogP contribution is -2.66. The number of hydrogen-bond acceptors (Lipinski definition) is 14. The molecule has 2 saturated heterocycles. The average molecular weight is 701 g/mol. The maximum absolute atomic E-state index is 13.2. The molecule has 0 radical (unpaired) electrons. The lowest BCUT2D eigenvalue weighted by molar-refractivity contribution is -0.254. The van der Waals surface area contributed by atoms with Crippen LogP contribution in [0, 0.1) is 0 Å². The van der Waals surface area contributed by atoms with Crippen molar-refractivity contribution in [1.82, 2.24) is 10.6 Å². The van der Waals surface area contributed by atoms with E-state index >= 15 is 0 Å². The van der Waals surface area contributed by atoms with Crippen LogP contribution in [0.4, 0.5) is 0 Å². The van der Waals surface area contributed by atoms with Crippen molar-refractivity contribution in [1.29, 1.82) is 0 Å². The number of nitrogens with one attached hydrogen (secondary N) is 2. The predicted octanol–water partition coefficient (Wildman–Crippen LogP) is -1.22. The number of halogens is 2. The van der Waals surface area contributed by atoms with E-state index in [0.29, 0.717) is 6.42 Å². The second-order valence-corrected chi connectivity index (χ2v) is 12.0. The maximum atomic E-state index is 13.2. The number of hydrogen-bond donors (Lipinski definition) is 7. The molecule has 2 heterocycles. The summed E-state index contributed by atoms with van der Waals surface area (Å²) in [7, 11) is 0. The Labute approximate surface area is 273 Å². The predicted molar refractivity (Wildman–Crippen MR) is 162 cm³/mol. The number of benzene rings is 1. The highest BCUT2D eigenvalue weighted by atomic mass is 35.5. The molecule has 18 heteroatoms. The number of nitrogens with two attached hydrogens (primary N) is 1. The molecule has 2 aliphatic heterocycles. The van der Waals surface area contributed by atoms with Gasteiger partial charge < -0.3 is 60.5 Å². The number of aliphatic hydroxyl groups is 4. The number of thioether (sulfide) groups is 1. The topological polar surface area (TPSA) is 228 Å². The lowest BCUT2D eigenvalue weighted by Gasteiger charge is -2.44. The highest BCUT2D eigenvalue weighted by Crippen LogP contribution is 2.30. The Kier molecular flexibility index (Phi) is 15.0. The van der Waals surface area contributed by atoms with E-state index in [9.17, 15) is 34.8 Å². The van der Waals surface area contributed by atoms with Gasteiger partial charge in [0.05, 0.1) is 29.3 Å². The molecule has 3 rings (SSSR count). The fourth-order valence-electron chi connectivity index (χ4n) is 4.87. The Balaban J connectivity index is 1.78. The molecule has 0 spiro atoms. The van der Waals surface area contributed by atoms with Crippen LogP contribution >= 0.6 is 35.0 Å². The molecule has 15 nitrogen and oxygen atoms in total. The summed E-state index contributed by atoms with van der Waals surface area (Å²) in [6, 6.07) is 3.26. The molecule has 0 aliphatic carbocycles. The van der Waals surface area contributed by atoms with Gasteiger partial charge in [0.2, 0.25) is 5.91 Å². The van der Waals surface area contributed by atoms with E-state index in [0.717, 1.165) is 6.92 Å². The zero-order chi connectivity index (χ0) is 33.3. The molecule has 2 amide bonds. The van der Waals surface area contributed by atoms with Crippen LogP contribution in [0.15, 0.2) is 18.2 Å². The third-order valence-corrected chi connectivity index (χ3v) is 8.69. The highest BCUT2D eigenvalue weighted by Gasteiger charge is 2.49. The summed E-state index contributed by atoms with van der Waals surface area (Å²) in [6.07, 6.45) is -8.20. The van der Waals surface area contributed by atoms with Crippen molar-refractivity contribution in [3.8, 4) is 0 Å². The van der Waals surface area contributed by atoms with Gasteiger partial charge in [-0.15, -0.1) is 11.8 Å². The molecule has 0 bridgehead atoms. The summed E-state index contributed by atoms with van der Waals surface area (Å²) in [5.41, 5.74) is 4.91. The summed E-state index contributed by atoms with van der Waals surface area (Å²) in [4.78, 5) is 38.1. The summed E-state index contributed by atoms with van der Waals surface area (Å²) in [5, 5.41) is 46.9. The Morgan fingerprint density at radius 1 is 0.978 bits per heavy atom. The van der Waals surface area contributed by atoms with Gasteiger partial charge >= 0.3 is 5.97 Å². The number of carbonyl (C=O) groups excluding carboxylic acids is 3. The summed E-state index contributed by atoms with van der Waals surface area (Å²) in [5.74, 6) is -2.11. The fourth-order valence-corrected chi connectivity index (χ4v) is 5.94. The number of esters is 1. The van der Waals surface area contributed by atoms with Crippen LogP contribution in [0.2, 0.25) is 10.0 Å². The molecular formula is C27H39Cl2N3O12S. The third kappa shape index (κ3) is 9.85. The van der Waals surface area contributed by atoms with E-state index in [1.807, 2.05) is 0 Å². The smallest absolute Gasteiger partial charge is 0.303 e. The number of rotatable bonds is 14. The van der Waals surface area contributed by atoms with E-state index in [2.05, 4.69) is 10.6 Å². The maximum Gasteiger partial charge on any atom is 0.303 e. The molecule has 1 aromatic carbocycles. The lowest BCUT2D eigenvalue weighted by atomic mass is 9.97. The Morgan fingerprint density at radius 3 is 2.24 bits per heavy atom. The highest BCUT2D eigenvalue weighted by molar-refractivity contribution is 7.99. The Morgan fingerprint density at radius 2 is 1.64 bits per heavy atom. The summed E-state index contributed by atoms with van der Waals surface area (Å²) in [6.45, 7) is -0.427. The fraction of sp³-hybridized carbons (Fsp3) is 0.667. The van der Waals surface area contributed by atoms with Crippen molar-refractivity contribution < 1.29 is 58.5 Å². The first kappa shape index (κ1) is 37.7. The van der Waals surface area contributed by atoms with Crippen LogP contribution in [-0.2, 0) is 33.3 Å². The first-order valence-corrected chi connectivity index (χ1v) is 16.1. The molecule has 1 aromatic rings. The zero-order valence-electron chi connectivity index (χ0n) is 24.5. The standard InChI is InChI=1S/C27H39Cl2N3O12S/c1-12(35)42-23-21(38)16(9-33)43-26(24(23)40-7-3-6-30)31-18(36)11-41-22-19(27(45-2)44-17(10-34)20(22)37)32-25(39)13-4-5-14(28)15(29)8-13/h4-5,8,16-17,19-24,26-27,33-34,37-38H,3,6-7,9-11,30H2,1-2H3,(H,31,36)(H,32,39)/t16?,17?,19?,20-,21-,22?,23?,24?,26+,27-/m0/s1. The minimum Gasteiger partial charge on any atom is -0.457 e. The van der Waals surface area contributed by atoms with Crippen LogP contribution in [0.25, 0.3) is 0 Å². The molecule has 10 atom stereocenters. The van der Waals surface area contributed by atoms with E-state index < -0.39 is 98.0 Å². The molecule has 45 heavy (non-hydrogen) atoms. The summed E-state index contributed by atoms with van der Waals surface area (Å²) < 4.78 is 28.3. The second kappa shape index (κ2) is 17.9. The minimum absolute atomic E-state index is 0.0781. The quantitative estimate of drug-likeness (QED) is 0.0892. The number of amides is 2. The van der Waals surface area contributed by atoms with Crippen molar-refractivity contribution in [3.63, 3.8) is 0 Å². The molecule has 2 fully saturated rings. The van der Waals surface area contributed by atoms with E-state index in [4.69, 9.17) is 52.6 Å². The van der Waals surface area contributed by atoms with Crippen LogP contribution in [0.3, 0.4) is 0 Å². The number of carbonyl (C=O) groups is 3.